The standard InChI is InChI=1S/C17H18N4O/c1-21(2)10-11-4-3-5-12(6-11)13-7-14-15(16(18)22)9-20-17(14)19-8-13/h3-9H,10H2,1-2H3,(H2,18,22)(H,19,20). The van der Waals surface area contributed by atoms with Gasteiger partial charge in [-0.05, 0) is 37.4 Å². The summed E-state index contributed by atoms with van der Waals surface area (Å²) in [5, 5.41) is 0.753. The highest BCUT2D eigenvalue weighted by molar-refractivity contribution is 6.05. The van der Waals surface area contributed by atoms with E-state index in [0.717, 1.165) is 23.1 Å². The van der Waals surface area contributed by atoms with E-state index in [4.69, 9.17) is 5.73 Å². The molecule has 0 fully saturated rings. The zero-order chi connectivity index (χ0) is 15.7. The van der Waals surface area contributed by atoms with E-state index in [1.165, 1.54) is 5.56 Å². The predicted molar refractivity (Wildman–Crippen MR) is 87.4 cm³/mol. The van der Waals surface area contributed by atoms with E-state index >= 15 is 0 Å². The van der Waals surface area contributed by atoms with Crippen molar-refractivity contribution in [1.82, 2.24) is 14.9 Å². The zero-order valence-electron chi connectivity index (χ0n) is 12.6. The van der Waals surface area contributed by atoms with Crippen molar-refractivity contribution in [3.05, 3.63) is 53.9 Å². The molecule has 112 valence electrons. The molecular weight excluding hydrogens is 276 g/mol. The zero-order valence-corrected chi connectivity index (χ0v) is 12.6. The maximum atomic E-state index is 11.5. The van der Waals surface area contributed by atoms with Gasteiger partial charge in [-0.3, -0.25) is 4.79 Å². The summed E-state index contributed by atoms with van der Waals surface area (Å²) < 4.78 is 0. The summed E-state index contributed by atoms with van der Waals surface area (Å²) in [5.41, 5.74) is 9.81. The average molecular weight is 294 g/mol. The Balaban J connectivity index is 2.06. The number of nitrogens with one attached hydrogen (secondary N) is 1. The molecule has 0 aliphatic heterocycles. The molecule has 0 atom stereocenters. The van der Waals surface area contributed by atoms with Gasteiger partial charge in [-0.15, -0.1) is 0 Å². The smallest absolute Gasteiger partial charge is 0.250 e. The number of carbonyl (C=O) groups is 1. The molecule has 5 heteroatoms. The van der Waals surface area contributed by atoms with Crippen molar-refractivity contribution in [2.24, 2.45) is 5.73 Å². The Hall–Kier alpha value is -2.66. The molecule has 3 rings (SSSR count). The Morgan fingerprint density at radius 1 is 1.27 bits per heavy atom. The highest BCUT2D eigenvalue weighted by Gasteiger charge is 2.11. The van der Waals surface area contributed by atoms with Gasteiger partial charge in [0.25, 0.3) is 5.91 Å². The second-order valence-electron chi connectivity index (χ2n) is 5.62. The second-order valence-corrected chi connectivity index (χ2v) is 5.62. The summed E-state index contributed by atoms with van der Waals surface area (Å²) in [5.74, 6) is -0.452. The molecular formula is C17H18N4O. The number of fused-ring (bicyclic) bond motifs is 1. The first-order chi connectivity index (χ1) is 10.5. The molecule has 0 spiro atoms. The quantitative estimate of drug-likeness (QED) is 0.776. The predicted octanol–water partition coefficient (Wildman–Crippen LogP) is 2.39. The minimum Gasteiger partial charge on any atom is -0.366 e. The lowest BCUT2D eigenvalue weighted by molar-refractivity contribution is 0.100. The first-order valence-corrected chi connectivity index (χ1v) is 7.05. The van der Waals surface area contributed by atoms with Crippen LogP contribution in [0.25, 0.3) is 22.2 Å². The number of nitrogens with two attached hydrogens (primary N) is 1. The lowest BCUT2D eigenvalue weighted by atomic mass is 10.0. The number of aromatic amines is 1. The van der Waals surface area contributed by atoms with Crippen LogP contribution >= 0.6 is 0 Å². The van der Waals surface area contributed by atoms with Crippen molar-refractivity contribution in [2.45, 2.75) is 6.54 Å². The van der Waals surface area contributed by atoms with Crippen LogP contribution in [0.1, 0.15) is 15.9 Å². The summed E-state index contributed by atoms with van der Waals surface area (Å²) in [6.07, 6.45) is 3.41. The number of carbonyl (C=O) groups excluding carboxylic acids is 1. The molecule has 1 amide bonds. The van der Waals surface area contributed by atoms with Crippen LogP contribution in [0.2, 0.25) is 0 Å². The first-order valence-electron chi connectivity index (χ1n) is 7.05. The number of rotatable bonds is 4. The lowest BCUT2D eigenvalue weighted by Gasteiger charge is -2.11. The molecule has 0 saturated heterocycles. The van der Waals surface area contributed by atoms with Gasteiger partial charge in [0.15, 0.2) is 0 Å². The van der Waals surface area contributed by atoms with Crippen LogP contribution in [0.3, 0.4) is 0 Å². The van der Waals surface area contributed by atoms with Crippen molar-refractivity contribution in [3.8, 4) is 11.1 Å². The van der Waals surface area contributed by atoms with Gasteiger partial charge >= 0.3 is 0 Å². The maximum Gasteiger partial charge on any atom is 0.250 e. The van der Waals surface area contributed by atoms with Gasteiger partial charge in [0, 0.05) is 29.9 Å². The van der Waals surface area contributed by atoms with Gasteiger partial charge in [-0.1, -0.05) is 18.2 Å². The van der Waals surface area contributed by atoms with Crippen molar-refractivity contribution >= 4 is 16.9 Å². The fourth-order valence-corrected chi connectivity index (χ4v) is 2.58. The third-order valence-corrected chi connectivity index (χ3v) is 3.56. The van der Waals surface area contributed by atoms with Crippen LogP contribution in [0.15, 0.2) is 42.7 Å². The van der Waals surface area contributed by atoms with E-state index in [2.05, 4.69) is 27.0 Å². The molecule has 0 bridgehead atoms. The third kappa shape index (κ3) is 2.71. The number of primary amides is 1. The van der Waals surface area contributed by atoms with Gasteiger partial charge in [0.05, 0.1) is 5.56 Å². The molecule has 0 radical (unpaired) electrons. The highest BCUT2D eigenvalue weighted by atomic mass is 16.1. The largest absolute Gasteiger partial charge is 0.366 e. The molecule has 22 heavy (non-hydrogen) atoms. The molecule has 0 aliphatic rings. The Bertz CT molecular complexity index is 836. The normalized spacial score (nSPS) is 11.2. The number of hydrogen-bond donors (Lipinski definition) is 2. The molecule has 5 nitrogen and oxygen atoms in total. The van der Waals surface area contributed by atoms with Crippen molar-refractivity contribution < 1.29 is 4.79 Å². The van der Waals surface area contributed by atoms with E-state index in [1.807, 2.05) is 32.3 Å². The number of hydrogen-bond acceptors (Lipinski definition) is 3. The van der Waals surface area contributed by atoms with Gasteiger partial charge in [0.1, 0.15) is 5.65 Å². The van der Waals surface area contributed by atoms with E-state index in [0.29, 0.717) is 11.2 Å². The van der Waals surface area contributed by atoms with Crippen molar-refractivity contribution in [2.75, 3.05) is 14.1 Å². The molecule has 3 aromatic rings. The molecule has 0 saturated carbocycles. The van der Waals surface area contributed by atoms with E-state index in [1.54, 1.807) is 12.4 Å². The summed E-state index contributed by atoms with van der Waals surface area (Å²) in [6, 6.07) is 10.3. The molecule has 2 aromatic heterocycles. The highest BCUT2D eigenvalue weighted by Crippen LogP contribution is 2.25. The van der Waals surface area contributed by atoms with Crippen LogP contribution in [-0.4, -0.2) is 34.9 Å². The Kier molecular flexibility index (Phi) is 3.65. The minimum absolute atomic E-state index is 0.452. The van der Waals surface area contributed by atoms with Crippen molar-refractivity contribution in [1.29, 1.82) is 0 Å². The lowest BCUT2D eigenvalue weighted by Crippen LogP contribution is -2.10. The molecule has 3 N–H and O–H groups in total. The Morgan fingerprint density at radius 3 is 2.82 bits per heavy atom. The first kappa shape index (κ1) is 14.3. The Labute approximate surface area is 128 Å². The van der Waals surface area contributed by atoms with Gasteiger partial charge < -0.3 is 15.6 Å². The van der Waals surface area contributed by atoms with Crippen LogP contribution in [0, 0.1) is 0 Å². The summed E-state index contributed by atoms with van der Waals surface area (Å²) in [7, 11) is 4.08. The van der Waals surface area contributed by atoms with Crippen molar-refractivity contribution in [3.63, 3.8) is 0 Å². The molecule has 0 aliphatic carbocycles. The number of benzene rings is 1. The van der Waals surface area contributed by atoms with Crippen LogP contribution in [0.5, 0.6) is 0 Å². The van der Waals surface area contributed by atoms with Crippen LogP contribution in [-0.2, 0) is 6.54 Å². The maximum absolute atomic E-state index is 11.5. The summed E-state index contributed by atoms with van der Waals surface area (Å²) in [6.45, 7) is 0.875. The fourth-order valence-electron chi connectivity index (χ4n) is 2.58. The third-order valence-electron chi connectivity index (χ3n) is 3.56. The second kappa shape index (κ2) is 5.61. The van der Waals surface area contributed by atoms with Gasteiger partial charge in [-0.25, -0.2) is 4.98 Å². The summed E-state index contributed by atoms with van der Waals surface area (Å²) >= 11 is 0. The molecule has 1 aromatic carbocycles. The van der Waals surface area contributed by atoms with E-state index in [9.17, 15) is 4.79 Å². The van der Waals surface area contributed by atoms with Crippen LogP contribution < -0.4 is 5.73 Å². The van der Waals surface area contributed by atoms with Crippen LogP contribution in [0.4, 0.5) is 0 Å². The molecule has 0 unspecified atom stereocenters. The van der Waals surface area contributed by atoms with E-state index < -0.39 is 5.91 Å². The fraction of sp³-hybridized carbons (Fsp3) is 0.176. The summed E-state index contributed by atoms with van der Waals surface area (Å²) in [4.78, 5) is 20.9. The average Bonchev–Trinajstić information content (AvgIpc) is 2.90. The number of amides is 1. The number of nitrogens with zero attached hydrogens (tertiary/aromatic N) is 2. The number of H-pyrrole nitrogens is 1. The number of aromatic nitrogens is 2. The topological polar surface area (TPSA) is 75.0 Å². The minimum atomic E-state index is -0.452. The molecule has 2 heterocycles. The number of pyridine rings is 1. The Morgan fingerprint density at radius 2 is 2.09 bits per heavy atom. The van der Waals surface area contributed by atoms with E-state index in [-0.39, 0.29) is 0 Å². The SMILES string of the molecule is CN(C)Cc1cccc(-c2cnc3[nH]cc(C(N)=O)c3c2)c1. The van der Waals surface area contributed by atoms with Gasteiger partial charge in [-0.2, -0.15) is 0 Å². The van der Waals surface area contributed by atoms with Gasteiger partial charge in [0.2, 0.25) is 0 Å². The monoisotopic (exact) mass is 294 g/mol.